The van der Waals surface area contributed by atoms with Crippen molar-refractivity contribution in [3.05, 3.63) is 33.2 Å². The highest BCUT2D eigenvalue weighted by Crippen LogP contribution is 2.25. The molecule has 0 bridgehead atoms. The number of nitrogens with zero attached hydrogens (tertiary/aromatic N) is 6. The van der Waals surface area contributed by atoms with Crippen molar-refractivity contribution in [2.24, 2.45) is 10.9 Å². The minimum absolute atomic E-state index is 0.124. The van der Waals surface area contributed by atoms with Gasteiger partial charge < -0.3 is 15.4 Å². The van der Waals surface area contributed by atoms with E-state index >= 15 is 0 Å². The number of H-pyrrole nitrogens is 2. The smallest absolute Gasteiger partial charge is 0.326 e. The first kappa shape index (κ1) is 18.4. The van der Waals surface area contributed by atoms with Crippen molar-refractivity contribution in [1.29, 1.82) is 5.26 Å². The van der Waals surface area contributed by atoms with Crippen LogP contribution < -0.4 is 21.8 Å². The van der Waals surface area contributed by atoms with Crippen LogP contribution in [-0.4, -0.2) is 46.7 Å². The van der Waals surface area contributed by atoms with Crippen molar-refractivity contribution in [1.82, 2.24) is 29.5 Å². The van der Waals surface area contributed by atoms with Crippen LogP contribution in [0, 0.1) is 17.2 Å². The zero-order valence-corrected chi connectivity index (χ0v) is 16.2. The van der Waals surface area contributed by atoms with Crippen LogP contribution in [-0.2, 0) is 0 Å². The number of imidazole rings is 1. The third kappa shape index (κ3) is 3.63. The molecular formula is C19H21N9O2. The van der Waals surface area contributed by atoms with Crippen LogP contribution >= 0.6 is 0 Å². The zero-order valence-electron chi connectivity index (χ0n) is 16.2. The number of anilines is 1. The quantitative estimate of drug-likeness (QED) is 0.471. The molecular weight excluding hydrogens is 386 g/mol. The summed E-state index contributed by atoms with van der Waals surface area (Å²) in [6, 6.07) is 2.80. The van der Waals surface area contributed by atoms with Gasteiger partial charge in [-0.05, 0) is 44.6 Å². The molecule has 154 valence electrons. The van der Waals surface area contributed by atoms with E-state index in [1.54, 1.807) is 16.8 Å². The van der Waals surface area contributed by atoms with Crippen LogP contribution in [0.5, 0.6) is 5.88 Å². The molecule has 0 atom stereocenters. The van der Waals surface area contributed by atoms with Crippen LogP contribution in [0.2, 0.25) is 0 Å². The first-order valence-electron chi connectivity index (χ1n) is 10.1. The highest BCUT2D eigenvalue weighted by molar-refractivity contribution is 5.57. The maximum Gasteiger partial charge on any atom is 0.326 e. The summed E-state index contributed by atoms with van der Waals surface area (Å²) in [6.07, 6.45) is 8.77. The molecule has 5 rings (SSSR count). The fraction of sp³-hybridized carbons (Fsp3) is 0.474. The lowest BCUT2D eigenvalue weighted by Crippen LogP contribution is -2.30. The van der Waals surface area contributed by atoms with Gasteiger partial charge in [0, 0.05) is 17.2 Å². The Morgan fingerprint density at radius 3 is 2.70 bits per heavy atom. The largest absolute Gasteiger partial charge is 0.493 e. The average Bonchev–Trinajstić information content (AvgIpc) is 3.37. The topological polar surface area (TPSA) is 160 Å². The first-order valence-corrected chi connectivity index (χ1v) is 10.1. The fourth-order valence-electron chi connectivity index (χ4n) is 3.69. The molecule has 0 spiro atoms. The van der Waals surface area contributed by atoms with Gasteiger partial charge in [0.25, 0.3) is 5.62 Å². The van der Waals surface area contributed by atoms with Crippen molar-refractivity contribution in [2.45, 2.75) is 50.6 Å². The predicted octanol–water partition coefficient (Wildman–Crippen LogP) is -0.0486. The van der Waals surface area contributed by atoms with E-state index in [1.165, 1.54) is 0 Å². The molecule has 11 heteroatoms. The number of fused-ring (bicyclic) bond motifs is 1. The van der Waals surface area contributed by atoms with Crippen LogP contribution in [0.4, 0.5) is 5.95 Å². The Morgan fingerprint density at radius 2 is 2.03 bits per heavy atom. The molecule has 3 aromatic heterocycles. The normalized spacial score (nSPS) is 23.0. The monoisotopic (exact) mass is 407 g/mol. The second kappa shape index (κ2) is 7.29. The van der Waals surface area contributed by atoms with Gasteiger partial charge in [-0.15, -0.1) is 0 Å². The number of hydrogen-bond acceptors (Lipinski definition) is 8. The molecule has 0 aromatic carbocycles. The second-order valence-corrected chi connectivity index (χ2v) is 7.85. The fourth-order valence-corrected chi connectivity index (χ4v) is 3.69. The number of aromatic amines is 2. The van der Waals surface area contributed by atoms with E-state index in [1.807, 2.05) is 0 Å². The number of aromatic hydroxyl groups is 1. The molecule has 30 heavy (non-hydrogen) atoms. The van der Waals surface area contributed by atoms with Crippen LogP contribution in [0.15, 0.2) is 16.0 Å². The van der Waals surface area contributed by atoms with E-state index in [0.29, 0.717) is 22.4 Å². The van der Waals surface area contributed by atoms with E-state index in [9.17, 15) is 9.90 Å². The molecule has 4 N–H and O–H groups in total. The summed E-state index contributed by atoms with van der Waals surface area (Å²) < 4.78 is 1.57. The highest BCUT2D eigenvalue weighted by Gasteiger charge is 2.23. The maximum absolute atomic E-state index is 11.4. The lowest BCUT2D eigenvalue weighted by Gasteiger charge is -2.25. The van der Waals surface area contributed by atoms with Gasteiger partial charge in [0.2, 0.25) is 11.8 Å². The molecule has 11 nitrogen and oxygen atoms in total. The minimum atomic E-state index is -0.496. The zero-order chi connectivity index (χ0) is 20.7. The van der Waals surface area contributed by atoms with Gasteiger partial charge in [0.05, 0.1) is 18.3 Å². The maximum atomic E-state index is 11.4. The predicted molar refractivity (Wildman–Crippen MR) is 106 cm³/mol. The van der Waals surface area contributed by atoms with Gasteiger partial charge in [-0.2, -0.15) is 24.8 Å². The average molecular weight is 407 g/mol. The standard InChI is InChI=1S/C19H21N9O2/c20-8-10-1-3-12(4-2-10)22-17-25-15-11(7-14-16(29)26-19(30)24-14)9-21-28(15)18(27-17)23-13-5-6-13/h7,9-10,12-13,29H,1-6H2,(H,22,23,27)(H2,24,26,30). The molecule has 3 aromatic rings. The second-order valence-electron chi connectivity index (χ2n) is 7.85. The Hall–Kier alpha value is -3.68. The van der Waals surface area contributed by atoms with Gasteiger partial charge >= 0.3 is 5.69 Å². The van der Waals surface area contributed by atoms with Crippen LogP contribution in [0.25, 0.3) is 11.7 Å². The Bertz CT molecular complexity index is 1300. The van der Waals surface area contributed by atoms with Gasteiger partial charge in [0.1, 0.15) is 5.69 Å². The van der Waals surface area contributed by atoms with Gasteiger partial charge in [0.15, 0.2) is 5.65 Å². The van der Waals surface area contributed by atoms with Crippen molar-refractivity contribution < 1.29 is 5.11 Å². The van der Waals surface area contributed by atoms with Crippen molar-refractivity contribution in [3.8, 4) is 11.9 Å². The molecule has 0 saturated heterocycles. The number of nitrogens with one attached hydrogen (secondary N) is 3. The molecule has 0 aliphatic heterocycles. The highest BCUT2D eigenvalue weighted by atomic mass is 16.3. The van der Waals surface area contributed by atoms with E-state index < -0.39 is 5.69 Å². The number of rotatable bonds is 4. The summed E-state index contributed by atoms with van der Waals surface area (Å²) in [4.78, 5) is 30.1. The summed E-state index contributed by atoms with van der Waals surface area (Å²) in [5.74, 6) is 0.340. The molecule has 2 fully saturated rings. The number of hydrogen-bond donors (Lipinski definition) is 4. The summed E-state index contributed by atoms with van der Waals surface area (Å²) in [5, 5.41) is 27.3. The molecule has 0 amide bonds. The Kier molecular flexibility index (Phi) is 4.46. The van der Waals surface area contributed by atoms with E-state index in [-0.39, 0.29) is 29.6 Å². The third-order valence-corrected chi connectivity index (χ3v) is 5.50. The van der Waals surface area contributed by atoms with E-state index in [0.717, 1.165) is 38.5 Å². The molecule has 2 saturated carbocycles. The van der Waals surface area contributed by atoms with E-state index in [2.05, 4.69) is 41.4 Å². The number of nitriles is 1. The van der Waals surface area contributed by atoms with Crippen LogP contribution in [0.1, 0.15) is 44.2 Å². The summed E-state index contributed by atoms with van der Waals surface area (Å²) in [5.41, 5.74) is 0.754. The van der Waals surface area contributed by atoms with Crippen molar-refractivity contribution >= 4 is 17.7 Å². The summed E-state index contributed by atoms with van der Waals surface area (Å²) in [6.45, 7) is 0. The van der Waals surface area contributed by atoms with Gasteiger partial charge in [-0.3, -0.25) is 4.98 Å². The molecule has 3 heterocycles. The van der Waals surface area contributed by atoms with Crippen molar-refractivity contribution in [3.63, 3.8) is 0 Å². The Balaban J connectivity index is 1.56. The van der Waals surface area contributed by atoms with Gasteiger partial charge in [-0.25, -0.2) is 9.79 Å². The SMILES string of the molecule is N#CC1CCC(Nc2nc(=NC3CC3)n3ncc(=Cc4[nH]c(=O)[nH]c4O)c3n2)CC1. The molecule has 0 unspecified atom stereocenters. The molecule has 2 aliphatic carbocycles. The summed E-state index contributed by atoms with van der Waals surface area (Å²) in [7, 11) is 0. The van der Waals surface area contributed by atoms with Crippen LogP contribution in [0.3, 0.4) is 0 Å². The Morgan fingerprint density at radius 1 is 1.23 bits per heavy atom. The lowest BCUT2D eigenvalue weighted by molar-refractivity contribution is 0.396. The first-order chi connectivity index (χ1) is 14.6. The number of aromatic nitrogens is 6. The third-order valence-electron chi connectivity index (χ3n) is 5.50. The van der Waals surface area contributed by atoms with E-state index in [4.69, 9.17) is 5.26 Å². The molecule has 0 radical (unpaired) electrons. The Labute approximate surface area is 170 Å². The minimum Gasteiger partial charge on any atom is -0.493 e. The lowest BCUT2D eigenvalue weighted by atomic mass is 9.87. The summed E-state index contributed by atoms with van der Waals surface area (Å²) >= 11 is 0. The molecule has 2 aliphatic rings. The van der Waals surface area contributed by atoms with Crippen molar-refractivity contribution in [2.75, 3.05) is 5.32 Å². The van der Waals surface area contributed by atoms with Gasteiger partial charge in [-0.1, -0.05) is 0 Å².